The fourth-order valence-corrected chi connectivity index (χ4v) is 2.16. The minimum absolute atomic E-state index is 0.398. The molecule has 1 aliphatic rings. The van der Waals surface area contributed by atoms with E-state index in [0.717, 1.165) is 31.7 Å². The summed E-state index contributed by atoms with van der Waals surface area (Å²) in [6.07, 6.45) is 2.63. The number of hydrogen-bond acceptors (Lipinski definition) is 2. The van der Waals surface area contributed by atoms with Crippen molar-refractivity contribution in [2.45, 2.75) is 18.9 Å². The van der Waals surface area contributed by atoms with E-state index in [1.807, 2.05) is 12.1 Å². The van der Waals surface area contributed by atoms with E-state index in [1.54, 1.807) is 0 Å². The lowest BCUT2D eigenvalue weighted by Crippen LogP contribution is -2.34. The first-order valence-corrected chi connectivity index (χ1v) is 6.05. The molecule has 1 saturated heterocycles. The molecule has 0 saturated carbocycles. The Morgan fingerprint density at radius 1 is 1.29 bits per heavy atom. The van der Waals surface area contributed by atoms with Crippen molar-refractivity contribution in [3.8, 4) is 5.75 Å². The van der Waals surface area contributed by atoms with Crippen LogP contribution in [0.1, 0.15) is 12.8 Å². The van der Waals surface area contributed by atoms with Gasteiger partial charge in [-0.2, -0.15) is 0 Å². The fourth-order valence-electron chi connectivity index (χ4n) is 1.65. The maximum atomic E-state index is 5.89. The Morgan fingerprint density at radius 2 is 2.07 bits per heavy atom. The van der Waals surface area contributed by atoms with Crippen LogP contribution in [0, 0.1) is 3.57 Å². The molecule has 0 aliphatic carbocycles. The zero-order chi connectivity index (χ0) is 9.80. The van der Waals surface area contributed by atoms with Gasteiger partial charge in [0.25, 0.3) is 0 Å². The zero-order valence-corrected chi connectivity index (χ0v) is 10.2. The van der Waals surface area contributed by atoms with Gasteiger partial charge in [0.05, 0.1) is 0 Å². The Balaban J connectivity index is 1.95. The Bertz CT molecular complexity index is 297. The van der Waals surface area contributed by atoms with Gasteiger partial charge in [-0.15, -0.1) is 0 Å². The molecule has 1 aliphatic heterocycles. The summed E-state index contributed by atoms with van der Waals surface area (Å²) in [5, 5.41) is 3.33. The van der Waals surface area contributed by atoms with Gasteiger partial charge in [0.15, 0.2) is 0 Å². The Labute approximate surface area is 98.2 Å². The molecule has 1 aromatic rings. The number of piperidine rings is 1. The SMILES string of the molecule is Ic1cccc(OC2CCNCC2)c1. The average molecular weight is 303 g/mol. The van der Waals surface area contributed by atoms with Crippen LogP contribution in [0.4, 0.5) is 0 Å². The van der Waals surface area contributed by atoms with Crippen LogP contribution >= 0.6 is 22.6 Å². The number of benzene rings is 1. The molecule has 0 radical (unpaired) electrons. The summed E-state index contributed by atoms with van der Waals surface area (Å²) in [7, 11) is 0. The van der Waals surface area contributed by atoms with Crippen LogP contribution in [0.3, 0.4) is 0 Å². The lowest BCUT2D eigenvalue weighted by Gasteiger charge is -2.23. The third-order valence-electron chi connectivity index (χ3n) is 2.39. The Morgan fingerprint density at radius 3 is 2.79 bits per heavy atom. The van der Waals surface area contributed by atoms with E-state index in [2.05, 4.69) is 40.0 Å². The van der Waals surface area contributed by atoms with E-state index < -0.39 is 0 Å². The van der Waals surface area contributed by atoms with Gasteiger partial charge in [0, 0.05) is 3.57 Å². The first-order chi connectivity index (χ1) is 6.84. The van der Waals surface area contributed by atoms with E-state index in [-0.39, 0.29) is 0 Å². The molecule has 0 spiro atoms. The minimum atomic E-state index is 0.398. The predicted molar refractivity (Wildman–Crippen MR) is 65.7 cm³/mol. The summed E-state index contributed by atoms with van der Waals surface area (Å²) in [4.78, 5) is 0. The van der Waals surface area contributed by atoms with Crippen molar-refractivity contribution < 1.29 is 4.74 Å². The van der Waals surface area contributed by atoms with Crippen molar-refractivity contribution in [3.05, 3.63) is 27.8 Å². The van der Waals surface area contributed by atoms with Crippen LogP contribution in [-0.4, -0.2) is 19.2 Å². The predicted octanol–water partition coefficient (Wildman–Crippen LogP) is 2.42. The topological polar surface area (TPSA) is 21.3 Å². The van der Waals surface area contributed by atoms with Gasteiger partial charge in [0.2, 0.25) is 0 Å². The van der Waals surface area contributed by atoms with Gasteiger partial charge in [-0.25, -0.2) is 0 Å². The van der Waals surface area contributed by atoms with Crippen LogP contribution in [0.15, 0.2) is 24.3 Å². The molecular weight excluding hydrogens is 289 g/mol. The number of hydrogen-bond donors (Lipinski definition) is 1. The smallest absolute Gasteiger partial charge is 0.120 e. The molecule has 14 heavy (non-hydrogen) atoms. The molecule has 0 aromatic heterocycles. The molecule has 1 N–H and O–H groups in total. The van der Waals surface area contributed by atoms with Crippen LogP contribution < -0.4 is 10.1 Å². The van der Waals surface area contributed by atoms with E-state index in [0.29, 0.717) is 6.10 Å². The van der Waals surface area contributed by atoms with Gasteiger partial charge in [-0.3, -0.25) is 0 Å². The van der Waals surface area contributed by atoms with E-state index >= 15 is 0 Å². The lowest BCUT2D eigenvalue weighted by atomic mass is 10.1. The summed E-state index contributed by atoms with van der Waals surface area (Å²) in [6.45, 7) is 2.16. The molecule has 3 heteroatoms. The second-order valence-corrected chi connectivity index (χ2v) is 4.77. The Kier molecular flexibility index (Phi) is 3.64. The van der Waals surface area contributed by atoms with Gasteiger partial charge in [-0.05, 0) is 66.7 Å². The monoisotopic (exact) mass is 303 g/mol. The highest BCUT2D eigenvalue weighted by molar-refractivity contribution is 14.1. The van der Waals surface area contributed by atoms with Crippen molar-refractivity contribution in [2.75, 3.05) is 13.1 Å². The number of halogens is 1. The largest absolute Gasteiger partial charge is 0.490 e. The Hall–Kier alpha value is -0.290. The van der Waals surface area contributed by atoms with E-state index in [9.17, 15) is 0 Å². The maximum Gasteiger partial charge on any atom is 0.120 e. The number of nitrogens with one attached hydrogen (secondary N) is 1. The molecule has 2 rings (SSSR count). The molecule has 76 valence electrons. The van der Waals surface area contributed by atoms with E-state index in [4.69, 9.17) is 4.74 Å². The summed E-state index contributed by atoms with van der Waals surface area (Å²) in [5.41, 5.74) is 0. The van der Waals surface area contributed by atoms with Crippen molar-refractivity contribution in [1.82, 2.24) is 5.32 Å². The van der Waals surface area contributed by atoms with Gasteiger partial charge < -0.3 is 10.1 Å². The summed E-state index contributed by atoms with van der Waals surface area (Å²) < 4.78 is 7.12. The van der Waals surface area contributed by atoms with Crippen LogP contribution in [0.25, 0.3) is 0 Å². The highest BCUT2D eigenvalue weighted by Gasteiger charge is 2.13. The summed E-state index contributed by atoms with van der Waals surface area (Å²) in [5.74, 6) is 1.00. The fraction of sp³-hybridized carbons (Fsp3) is 0.455. The first-order valence-electron chi connectivity index (χ1n) is 4.97. The summed E-state index contributed by atoms with van der Waals surface area (Å²) >= 11 is 2.31. The number of rotatable bonds is 2. The molecule has 2 nitrogen and oxygen atoms in total. The van der Waals surface area contributed by atoms with Crippen LogP contribution in [-0.2, 0) is 0 Å². The summed E-state index contributed by atoms with van der Waals surface area (Å²) in [6, 6.07) is 8.24. The first kappa shape index (κ1) is 10.2. The average Bonchev–Trinajstić information content (AvgIpc) is 2.19. The standard InChI is InChI=1S/C11H14INO/c12-9-2-1-3-11(8-9)14-10-4-6-13-7-5-10/h1-3,8,10,13H,4-7H2. The second kappa shape index (κ2) is 4.98. The van der Waals surface area contributed by atoms with Crippen molar-refractivity contribution >= 4 is 22.6 Å². The highest BCUT2D eigenvalue weighted by atomic mass is 127. The van der Waals surface area contributed by atoms with Crippen LogP contribution in [0.2, 0.25) is 0 Å². The molecule has 0 amide bonds. The third kappa shape index (κ3) is 2.85. The molecule has 0 unspecified atom stereocenters. The molecule has 1 heterocycles. The van der Waals surface area contributed by atoms with Crippen molar-refractivity contribution in [2.24, 2.45) is 0 Å². The van der Waals surface area contributed by atoms with Gasteiger partial charge in [-0.1, -0.05) is 6.07 Å². The zero-order valence-electron chi connectivity index (χ0n) is 8.00. The third-order valence-corrected chi connectivity index (χ3v) is 3.06. The molecule has 1 fully saturated rings. The quantitative estimate of drug-likeness (QED) is 0.847. The van der Waals surface area contributed by atoms with Crippen LogP contribution in [0.5, 0.6) is 5.75 Å². The second-order valence-electron chi connectivity index (χ2n) is 3.52. The molecule has 0 bridgehead atoms. The van der Waals surface area contributed by atoms with Gasteiger partial charge in [0.1, 0.15) is 11.9 Å². The molecule has 0 atom stereocenters. The normalized spacial score (nSPS) is 18.1. The van der Waals surface area contributed by atoms with Crippen molar-refractivity contribution in [3.63, 3.8) is 0 Å². The van der Waals surface area contributed by atoms with E-state index in [1.165, 1.54) is 3.57 Å². The lowest BCUT2D eigenvalue weighted by molar-refractivity contribution is 0.162. The number of ether oxygens (including phenoxy) is 1. The van der Waals surface area contributed by atoms with Crippen molar-refractivity contribution in [1.29, 1.82) is 0 Å². The molecule has 1 aromatic carbocycles. The molecular formula is C11H14INO. The highest BCUT2D eigenvalue weighted by Crippen LogP contribution is 2.18. The maximum absolute atomic E-state index is 5.89. The van der Waals surface area contributed by atoms with Gasteiger partial charge >= 0.3 is 0 Å². The minimum Gasteiger partial charge on any atom is -0.490 e.